The number of carbonyl (C=O) groups excluding carboxylic acids is 9. The molecule has 0 bridgehead atoms. The van der Waals surface area contributed by atoms with Gasteiger partial charge in [-0.3, -0.25) is 58.3 Å². The minimum absolute atomic E-state index is 0.0189. The lowest BCUT2D eigenvalue weighted by Crippen LogP contribution is -2.40. The van der Waals surface area contributed by atoms with Crippen LogP contribution in [-0.2, 0) is 83.6 Å². The summed E-state index contributed by atoms with van der Waals surface area (Å²) >= 11 is 0. The number of aliphatic hydroxyl groups is 1. The highest BCUT2D eigenvalue weighted by molar-refractivity contribution is 6.13. The lowest BCUT2D eigenvalue weighted by Gasteiger charge is -2.29. The van der Waals surface area contributed by atoms with Gasteiger partial charge in [-0.15, -0.1) is 0 Å². The van der Waals surface area contributed by atoms with Gasteiger partial charge in [0.2, 0.25) is 23.6 Å². The number of amides is 8. The summed E-state index contributed by atoms with van der Waals surface area (Å²) in [6.45, 7) is -0.812. The maximum absolute atomic E-state index is 13.0. The predicted molar refractivity (Wildman–Crippen MR) is 317 cm³/mol. The number of aliphatic hydroxyl groups excluding tert-OH is 1. The Hall–Kier alpha value is -11.2. The lowest BCUT2D eigenvalue weighted by molar-refractivity contribution is -0.396. The quantitative estimate of drug-likeness (QED) is 0.0176. The van der Waals surface area contributed by atoms with Crippen molar-refractivity contribution in [2.24, 2.45) is 37.8 Å². The van der Waals surface area contributed by atoms with Crippen LogP contribution in [-0.4, -0.2) is 128 Å². The first-order valence-corrected chi connectivity index (χ1v) is 28.8. The number of rotatable bonds is 25. The summed E-state index contributed by atoms with van der Waals surface area (Å²) in [6.07, 6.45) is 11.4. The molecule has 2 fully saturated rings. The van der Waals surface area contributed by atoms with Crippen LogP contribution in [0.5, 0.6) is 17.2 Å². The Morgan fingerprint density at radius 1 is 0.565 bits per heavy atom. The third-order valence-electron chi connectivity index (χ3n) is 15.6. The number of carbonyl (C=O) groups is 9. The molecule has 2 saturated carbocycles. The fourth-order valence-electron chi connectivity index (χ4n) is 10.4. The summed E-state index contributed by atoms with van der Waals surface area (Å²) in [5.41, 5.74) is 1.94. The Kier molecular flexibility index (Phi) is 22.3. The second-order valence-electron chi connectivity index (χ2n) is 21.7. The summed E-state index contributed by atoms with van der Waals surface area (Å²) < 4.78 is 24.4. The van der Waals surface area contributed by atoms with Gasteiger partial charge in [-0.05, 0) is 121 Å². The van der Waals surface area contributed by atoms with E-state index in [1.54, 1.807) is 18.2 Å². The SMILES string of the molecule is Cn1c(COc2ccc(CO)cc2NC(=O)CNC(=O)C2CCC(CN3C(=O)C=CC3=O)CC2)cnc1[N+](=O)[O-].Cn1c(COc2ccc(COC(=O)Oc3ccc([N+](=O)[O-])cc3)cc2NC(=O)CNC(=O)C2CCC(CN3C(=O)C=CC3=O)CC2)cnc1[N+](=O)[O-]. The Labute approximate surface area is 522 Å². The van der Waals surface area contributed by atoms with E-state index in [-0.39, 0.29) is 139 Å². The van der Waals surface area contributed by atoms with Crippen molar-refractivity contribution in [3.05, 3.63) is 150 Å². The van der Waals surface area contributed by atoms with Gasteiger partial charge in [0.25, 0.3) is 29.3 Å². The number of hydrogen-bond acceptors (Lipinski definition) is 22. The molecule has 3 aromatic carbocycles. The molecule has 0 unspecified atom stereocenters. The second kappa shape index (κ2) is 30.8. The van der Waals surface area contributed by atoms with Crippen LogP contribution in [0.3, 0.4) is 0 Å². The molecule has 33 heteroatoms. The summed E-state index contributed by atoms with van der Waals surface area (Å²) in [6, 6.07) is 14.0. The number of nitrogens with one attached hydrogen (secondary N) is 4. The largest absolute Gasteiger partial charge is 0.514 e. The highest BCUT2D eigenvalue weighted by Gasteiger charge is 2.34. The molecule has 0 spiro atoms. The van der Waals surface area contributed by atoms with Crippen molar-refractivity contribution in [2.75, 3.05) is 36.8 Å². The normalized spacial score (nSPS) is 17.5. The minimum atomic E-state index is -1.09. The van der Waals surface area contributed by atoms with Gasteiger partial charge >= 0.3 is 18.1 Å². The molecular formula is C59H63N13O20. The van der Waals surface area contributed by atoms with Crippen molar-refractivity contribution in [3.8, 4) is 17.2 Å². The predicted octanol–water partition coefficient (Wildman–Crippen LogP) is 4.50. The molecule has 0 atom stereocenters. The van der Waals surface area contributed by atoms with E-state index in [4.69, 9.17) is 18.9 Å². The van der Waals surface area contributed by atoms with Crippen LogP contribution < -0.4 is 35.5 Å². The number of nitrogens with zero attached hydrogens (tertiary/aromatic N) is 9. The zero-order chi connectivity index (χ0) is 66.2. The minimum Gasteiger partial charge on any atom is -0.484 e. The third kappa shape index (κ3) is 17.8. The van der Waals surface area contributed by atoms with E-state index in [2.05, 4.69) is 31.2 Å². The molecule has 8 amide bonds. The molecule has 9 rings (SSSR count). The number of ether oxygens (including phenoxy) is 4. The second-order valence-corrected chi connectivity index (χ2v) is 21.7. The van der Waals surface area contributed by atoms with Crippen molar-refractivity contribution in [3.63, 3.8) is 0 Å². The van der Waals surface area contributed by atoms with Crippen LogP contribution in [0.1, 0.15) is 73.9 Å². The molecule has 33 nitrogen and oxygen atoms in total. The molecule has 92 heavy (non-hydrogen) atoms. The Morgan fingerprint density at radius 2 is 0.978 bits per heavy atom. The molecule has 484 valence electrons. The zero-order valence-electron chi connectivity index (χ0n) is 49.6. The maximum Gasteiger partial charge on any atom is 0.514 e. The molecule has 5 N–H and O–H groups in total. The van der Waals surface area contributed by atoms with E-state index in [1.807, 2.05) is 0 Å². The van der Waals surface area contributed by atoms with Crippen LogP contribution in [0.25, 0.3) is 0 Å². The first-order chi connectivity index (χ1) is 44.0. The number of benzene rings is 3. The van der Waals surface area contributed by atoms with Crippen LogP contribution >= 0.6 is 0 Å². The first kappa shape index (κ1) is 66.7. The van der Waals surface area contributed by atoms with E-state index in [1.165, 1.54) is 100 Å². The van der Waals surface area contributed by atoms with Crippen LogP contribution in [0, 0.1) is 54.0 Å². The lowest BCUT2D eigenvalue weighted by atomic mass is 9.81. The van der Waals surface area contributed by atoms with E-state index >= 15 is 0 Å². The van der Waals surface area contributed by atoms with E-state index in [0.717, 1.165) is 12.1 Å². The summed E-state index contributed by atoms with van der Waals surface area (Å²) in [5.74, 6) is -3.65. The van der Waals surface area contributed by atoms with Crippen LogP contribution in [0.15, 0.2) is 97.4 Å². The van der Waals surface area contributed by atoms with Gasteiger partial charge in [0, 0.05) is 61.4 Å². The fraction of sp³-hybridized carbons (Fsp3) is 0.373. The Bertz CT molecular complexity index is 3700. The molecule has 0 radical (unpaired) electrons. The number of nitro benzene ring substituents is 1. The van der Waals surface area contributed by atoms with Gasteiger partial charge in [-0.2, -0.15) is 0 Å². The molecule has 5 aromatic rings. The summed E-state index contributed by atoms with van der Waals surface area (Å²) in [5, 5.41) is 53.2. The van der Waals surface area contributed by atoms with Gasteiger partial charge in [0.15, 0.2) is 11.4 Å². The van der Waals surface area contributed by atoms with Crippen molar-refractivity contribution < 1.29 is 82.0 Å². The van der Waals surface area contributed by atoms with Gasteiger partial charge in [0.05, 0.1) is 50.1 Å². The van der Waals surface area contributed by atoms with Gasteiger partial charge in [0.1, 0.15) is 49.5 Å². The summed E-state index contributed by atoms with van der Waals surface area (Å²) in [4.78, 5) is 152. The Morgan fingerprint density at radius 3 is 1.37 bits per heavy atom. The summed E-state index contributed by atoms with van der Waals surface area (Å²) in [7, 11) is 2.94. The zero-order valence-corrected chi connectivity index (χ0v) is 49.6. The van der Waals surface area contributed by atoms with Crippen molar-refractivity contribution in [1.82, 2.24) is 39.5 Å². The van der Waals surface area contributed by atoms with Crippen molar-refractivity contribution in [1.29, 1.82) is 0 Å². The smallest absolute Gasteiger partial charge is 0.484 e. The molecule has 4 aliphatic rings. The molecule has 2 aliphatic heterocycles. The molecule has 2 aromatic heterocycles. The molecule has 2 aliphatic carbocycles. The number of hydrogen-bond donors (Lipinski definition) is 5. The van der Waals surface area contributed by atoms with Gasteiger partial charge in [-0.25, -0.2) is 13.9 Å². The maximum atomic E-state index is 13.0. The monoisotopic (exact) mass is 1270 g/mol. The number of nitro groups is 3. The first-order valence-electron chi connectivity index (χ1n) is 28.8. The van der Waals surface area contributed by atoms with Gasteiger partial charge < -0.3 is 65.5 Å². The molecule has 4 heterocycles. The molecular weight excluding hydrogens is 1210 g/mol. The fourth-order valence-corrected chi connectivity index (χ4v) is 10.4. The number of anilines is 2. The Balaban J connectivity index is 0.000000245. The number of imidazole rings is 2. The van der Waals surface area contributed by atoms with E-state index in [9.17, 15) is 78.6 Å². The highest BCUT2D eigenvalue weighted by Crippen LogP contribution is 2.33. The van der Waals surface area contributed by atoms with E-state index < -0.39 is 38.7 Å². The van der Waals surface area contributed by atoms with Crippen LogP contribution in [0.2, 0.25) is 0 Å². The molecule has 0 saturated heterocycles. The number of aromatic nitrogens is 4. The number of imide groups is 2. The average Bonchev–Trinajstić information content (AvgIpc) is 1.62. The standard InChI is InChI=1S/C33H33N7O12.C26H30N6O8/c1-37-24(15-35-32(37)40(48)49)19-50-27-11-4-21(18-51-33(45)52-25-9-7-23(8-10-25)39(46)47)14-26(27)36-28(41)16-34-31(44)22-5-2-20(3-6-22)17-38-29(42)12-13-30(38)43;1-30-19(11-28-26(30)32(38)39)15-40-21-7-4-17(14-33)10-20(21)29-22(34)12-27-25(37)18-5-2-16(3-6-18)13-31-23(35)8-9-24(31)36/h4,7-15,20,22H,2-3,5-6,16-19H2,1H3,(H,34,44)(H,36,41);4,7-11,16,18,33H,2-3,5-6,12-15H2,1H3,(H,27,37)(H,29,34). The average molecular weight is 1270 g/mol. The van der Waals surface area contributed by atoms with Crippen molar-refractivity contribution >= 4 is 82.4 Å². The van der Waals surface area contributed by atoms with E-state index in [0.29, 0.717) is 87.0 Å². The number of non-ortho nitro benzene ring substituents is 1. The highest BCUT2D eigenvalue weighted by atomic mass is 16.7. The van der Waals surface area contributed by atoms with Crippen molar-refractivity contribution in [2.45, 2.75) is 77.8 Å². The van der Waals surface area contributed by atoms with Gasteiger partial charge in [-0.1, -0.05) is 22.1 Å². The topological polar surface area (TPSA) is 430 Å². The van der Waals surface area contributed by atoms with Crippen LogP contribution in [0.4, 0.5) is 33.8 Å². The third-order valence-corrected chi connectivity index (χ3v) is 15.6.